The number of aromatic nitrogens is 2. The molecule has 0 aliphatic carbocycles. The van der Waals surface area contributed by atoms with Crippen LogP contribution < -0.4 is 5.32 Å². The normalized spacial score (nSPS) is 11.5. The summed E-state index contributed by atoms with van der Waals surface area (Å²) in [5.74, 6) is -0.450. The van der Waals surface area contributed by atoms with Gasteiger partial charge in [0, 0.05) is 17.8 Å². The average molecular weight is 327 g/mol. The fraction of sp³-hybridized carbons (Fsp3) is 0.222. The minimum atomic E-state index is -0.640. The summed E-state index contributed by atoms with van der Waals surface area (Å²) >= 11 is 0. The van der Waals surface area contributed by atoms with Crippen molar-refractivity contribution in [2.45, 2.75) is 26.4 Å². The van der Waals surface area contributed by atoms with Crippen LogP contribution in [0.2, 0.25) is 0 Å². The number of nitrogens with one attached hydrogen (secondary N) is 1. The molecule has 2 aromatic heterocycles. The number of hydrogen-bond acceptors (Lipinski definition) is 3. The highest BCUT2D eigenvalue weighted by Gasteiger charge is 2.18. The van der Waals surface area contributed by atoms with Gasteiger partial charge in [-0.3, -0.25) is 9.88 Å². The summed E-state index contributed by atoms with van der Waals surface area (Å²) in [4.78, 5) is 16.4. The van der Waals surface area contributed by atoms with Gasteiger partial charge in [0.05, 0.1) is 11.4 Å². The lowest BCUT2D eigenvalue weighted by Crippen LogP contribution is -2.27. The van der Waals surface area contributed by atoms with Gasteiger partial charge in [0.2, 0.25) is 0 Å². The molecule has 6 heteroatoms. The molecule has 0 fully saturated rings. The Kier molecular flexibility index (Phi) is 3.97. The number of fused-ring (bicyclic) bond motifs is 1. The number of halogens is 1. The number of hydrogen-bond donors (Lipinski definition) is 1. The molecule has 0 aliphatic heterocycles. The van der Waals surface area contributed by atoms with Crippen LogP contribution in [0.25, 0.3) is 16.7 Å². The number of carbonyl (C=O) groups is 1. The monoisotopic (exact) mass is 327 g/mol. The van der Waals surface area contributed by atoms with E-state index in [1.807, 2.05) is 24.4 Å². The summed E-state index contributed by atoms with van der Waals surface area (Å²) in [5, 5.41) is 3.56. The first-order chi connectivity index (χ1) is 11.3. The van der Waals surface area contributed by atoms with Gasteiger partial charge in [-0.05, 0) is 57.2 Å². The molecule has 0 bridgehead atoms. The Morgan fingerprint density at radius 1 is 1.25 bits per heavy atom. The van der Waals surface area contributed by atoms with Crippen LogP contribution in [0.15, 0.2) is 48.8 Å². The van der Waals surface area contributed by atoms with Crippen LogP contribution in [-0.2, 0) is 4.74 Å². The largest absolute Gasteiger partial charge is 0.444 e. The number of benzene rings is 1. The topological polar surface area (TPSA) is 56.1 Å². The Hall–Kier alpha value is -2.89. The molecule has 0 unspecified atom stereocenters. The molecule has 0 saturated carbocycles. The zero-order valence-corrected chi connectivity index (χ0v) is 13.7. The van der Waals surface area contributed by atoms with Gasteiger partial charge in [0.1, 0.15) is 17.1 Å². The van der Waals surface area contributed by atoms with Gasteiger partial charge in [-0.15, -0.1) is 0 Å². The Labute approximate surface area is 139 Å². The maximum Gasteiger partial charge on any atom is 0.412 e. The molecule has 0 spiro atoms. The minimum Gasteiger partial charge on any atom is -0.444 e. The predicted octanol–water partition coefficient (Wildman–Crippen LogP) is 4.51. The van der Waals surface area contributed by atoms with Crippen molar-refractivity contribution < 1.29 is 13.9 Å². The molecule has 0 atom stereocenters. The standard InChI is InChI=1S/C18H18FN3O2/c1-18(2,3)24-17(23)21-14-11-13(19)6-7-15(14)22-10-8-12-5-4-9-20-16(12)22/h4-11H,1-3H3,(H,21,23). The molecule has 3 rings (SSSR count). The van der Waals surface area contributed by atoms with Gasteiger partial charge in [-0.1, -0.05) is 0 Å². The van der Waals surface area contributed by atoms with Gasteiger partial charge < -0.3 is 4.74 Å². The van der Waals surface area contributed by atoms with E-state index < -0.39 is 17.5 Å². The lowest BCUT2D eigenvalue weighted by atomic mass is 10.2. The van der Waals surface area contributed by atoms with Crippen LogP contribution in [-0.4, -0.2) is 21.2 Å². The van der Waals surface area contributed by atoms with Crippen LogP contribution >= 0.6 is 0 Å². The summed E-state index contributed by atoms with van der Waals surface area (Å²) in [6, 6.07) is 9.87. The second-order valence-corrected chi connectivity index (χ2v) is 6.39. The number of rotatable bonds is 2. The maximum atomic E-state index is 13.7. The van der Waals surface area contributed by atoms with Gasteiger partial charge >= 0.3 is 6.09 Å². The van der Waals surface area contributed by atoms with Crippen molar-refractivity contribution in [2.75, 3.05) is 5.32 Å². The van der Waals surface area contributed by atoms with Crippen LogP contribution in [0.4, 0.5) is 14.9 Å². The average Bonchev–Trinajstić information content (AvgIpc) is 2.89. The van der Waals surface area contributed by atoms with Crippen molar-refractivity contribution in [3.05, 3.63) is 54.6 Å². The van der Waals surface area contributed by atoms with E-state index in [-0.39, 0.29) is 0 Å². The minimum absolute atomic E-state index is 0.312. The van der Waals surface area contributed by atoms with Crippen LogP contribution in [0.1, 0.15) is 20.8 Å². The Balaban J connectivity index is 2.01. The molecule has 0 aliphatic rings. The number of ether oxygens (including phenoxy) is 1. The van der Waals surface area contributed by atoms with Gasteiger partial charge in [-0.25, -0.2) is 14.2 Å². The Bertz CT molecular complexity index is 897. The molecule has 0 radical (unpaired) electrons. The molecule has 1 aromatic carbocycles. The van der Waals surface area contributed by atoms with Crippen molar-refractivity contribution >= 4 is 22.8 Å². The highest BCUT2D eigenvalue weighted by Crippen LogP contribution is 2.26. The zero-order chi connectivity index (χ0) is 17.3. The number of nitrogens with zero attached hydrogens (tertiary/aromatic N) is 2. The van der Waals surface area contributed by atoms with Gasteiger partial charge in [-0.2, -0.15) is 0 Å². The number of anilines is 1. The lowest BCUT2D eigenvalue weighted by Gasteiger charge is -2.20. The quantitative estimate of drug-likeness (QED) is 0.753. The van der Waals surface area contributed by atoms with E-state index >= 15 is 0 Å². The molecule has 24 heavy (non-hydrogen) atoms. The van der Waals surface area contributed by atoms with Gasteiger partial charge in [0.15, 0.2) is 0 Å². The van der Waals surface area contributed by atoms with Crippen molar-refractivity contribution in [2.24, 2.45) is 0 Å². The first-order valence-electron chi connectivity index (χ1n) is 7.55. The van der Waals surface area contributed by atoms with E-state index in [4.69, 9.17) is 4.74 Å². The molecular formula is C18H18FN3O2. The highest BCUT2D eigenvalue weighted by molar-refractivity contribution is 5.89. The highest BCUT2D eigenvalue weighted by atomic mass is 19.1. The molecule has 1 N–H and O–H groups in total. The van der Waals surface area contributed by atoms with E-state index in [1.165, 1.54) is 12.1 Å². The summed E-state index contributed by atoms with van der Waals surface area (Å²) in [6.07, 6.45) is 2.87. The number of pyridine rings is 1. The molecule has 3 aromatic rings. The molecule has 124 valence electrons. The number of amides is 1. The predicted molar refractivity (Wildman–Crippen MR) is 90.9 cm³/mol. The second kappa shape index (κ2) is 5.96. The van der Waals surface area contributed by atoms with Crippen molar-refractivity contribution in [3.63, 3.8) is 0 Å². The van der Waals surface area contributed by atoms with E-state index in [0.717, 1.165) is 11.0 Å². The third-order valence-electron chi connectivity index (χ3n) is 3.30. The number of carbonyl (C=O) groups excluding carboxylic acids is 1. The summed E-state index contributed by atoms with van der Waals surface area (Å²) in [5.41, 5.74) is 0.999. The van der Waals surface area contributed by atoms with E-state index in [2.05, 4.69) is 10.3 Å². The zero-order valence-electron chi connectivity index (χ0n) is 13.7. The van der Waals surface area contributed by atoms with E-state index in [1.54, 1.807) is 37.6 Å². The van der Waals surface area contributed by atoms with E-state index in [0.29, 0.717) is 11.4 Å². The summed E-state index contributed by atoms with van der Waals surface area (Å²) in [7, 11) is 0. The molecule has 5 nitrogen and oxygen atoms in total. The molecule has 2 heterocycles. The van der Waals surface area contributed by atoms with Crippen LogP contribution in [0, 0.1) is 5.82 Å². The first kappa shape index (κ1) is 16.0. The third-order valence-corrected chi connectivity index (χ3v) is 3.30. The third kappa shape index (κ3) is 3.37. The first-order valence-corrected chi connectivity index (χ1v) is 7.55. The fourth-order valence-corrected chi connectivity index (χ4v) is 2.39. The summed E-state index contributed by atoms with van der Waals surface area (Å²) in [6.45, 7) is 5.30. The smallest absolute Gasteiger partial charge is 0.412 e. The summed E-state index contributed by atoms with van der Waals surface area (Å²) < 4.78 is 20.7. The molecular weight excluding hydrogens is 309 g/mol. The van der Waals surface area contributed by atoms with Crippen molar-refractivity contribution in [3.8, 4) is 5.69 Å². The molecule has 0 saturated heterocycles. The van der Waals surface area contributed by atoms with Crippen LogP contribution in [0.5, 0.6) is 0 Å². The van der Waals surface area contributed by atoms with Crippen molar-refractivity contribution in [1.29, 1.82) is 0 Å². The fourth-order valence-electron chi connectivity index (χ4n) is 2.39. The maximum absolute atomic E-state index is 13.7. The van der Waals surface area contributed by atoms with Crippen molar-refractivity contribution in [1.82, 2.24) is 9.55 Å². The lowest BCUT2D eigenvalue weighted by molar-refractivity contribution is 0.0636. The van der Waals surface area contributed by atoms with E-state index in [9.17, 15) is 9.18 Å². The SMILES string of the molecule is CC(C)(C)OC(=O)Nc1cc(F)ccc1-n1ccc2cccnc21. The second-order valence-electron chi connectivity index (χ2n) is 6.39. The Morgan fingerprint density at radius 2 is 2.04 bits per heavy atom. The van der Waals surface area contributed by atoms with Gasteiger partial charge in [0.25, 0.3) is 0 Å². The Morgan fingerprint density at radius 3 is 2.79 bits per heavy atom. The molecule has 1 amide bonds. The van der Waals surface area contributed by atoms with Crippen LogP contribution in [0.3, 0.4) is 0 Å².